The quantitative estimate of drug-likeness (QED) is 0.478. The third-order valence-electron chi connectivity index (χ3n) is 6.56. The van der Waals surface area contributed by atoms with E-state index in [-0.39, 0.29) is 5.97 Å². The summed E-state index contributed by atoms with van der Waals surface area (Å²) in [4.78, 5) is 16.1. The zero-order valence-electron chi connectivity index (χ0n) is 19.3. The van der Waals surface area contributed by atoms with Gasteiger partial charge in [-0.1, -0.05) is 60.7 Å². The van der Waals surface area contributed by atoms with Crippen molar-refractivity contribution in [2.75, 3.05) is 6.54 Å². The van der Waals surface area contributed by atoms with Crippen molar-refractivity contribution in [1.29, 1.82) is 0 Å². The van der Waals surface area contributed by atoms with Crippen LogP contribution in [0.4, 0.5) is 0 Å². The van der Waals surface area contributed by atoms with Gasteiger partial charge >= 0.3 is 5.97 Å². The summed E-state index contributed by atoms with van der Waals surface area (Å²) in [5.74, 6) is -0.191. The number of carbonyl (C=O) groups excluding carboxylic acids is 1. The molecule has 1 aromatic heterocycles. The number of hydrogen-bond donors (Lipinski definition) is 0. The lowest BCUT2D eigenvalue weighted by Crippen LogP contribution is -2.39. The molecule has 0 fully saturated rings. The first-order chi connectivity index (χ1) is 15.4. The minimum Gasteiger partial charge on any atom is -0.456 e. The lowest BCUT2D eigenvalue weighted by Gasteiger charge is -2.40. The molecule has 32 heavy (non-hydrogen) atoms. The minimum atomic E-state index is -0.520. The van der Waals surface area contributed by atoms with Crippen molar-refractivity contribution in [2.45, 2.75) is 64.8 Å². The molecule has 1 aliphatic heterocycles. The number of aromatic nitrogens is 1. The van der Waals surface area contributed by atoms with E-state index in [1.54, 1.807) is 0 Å². The van der Waals surface area contributed by atoms with Gasteiger partial charge in [-0.05, 0) is 56.7 Å². The number of nitrogens with zero attached hydrogens (tertiary/aromatic N) is 2. The first-order valence-electron chi connectivity index (χ1n) is 11.7. The SMILES string of the molecule is CC(C)(C)OC(=O)c1c2c3n(c1-c1ccccc1)CCN(Cc1ccccc1)[C@H]3CCC2. The summed E-state index contributed by atoms with van der Waals surface area (Å²) in [5, 5.41) is 0. The molecule has 4 heteroatoms. The molecule has 0 saturated heterocycles. The number of esters is 1. The maximum absolute atomic E-state index is 13.5. The Labute approximate surface area is 190 Å². The van der Waals surface area contributed by atoms with E-state index < -0.39 is 5.60 Å². The largest absolute Gasteiger partial charge is 0.456 e. The van der Waals surface area contributed by atoms with Gasteiger partial charge in [0.1, 0.15) is 5.60 Å². The average molecular weight is 429 g/mol. The fraction of sp³-hybridized carbons (Fsp3) is 0.393. The smallest absolute Gasteiger partial charge is 0.341 e. The van der Waals surface area contributed by atoms with Crippen LogP contribution in [0, 0.1) is 0 Å². The van der Waals surface area contributed by atoms with Gasteiger partial charge in [-0.3, -0.25) is 4.90 Å². The van der Waals surface area contributed by atoms with Crippen molar-refractivity contribution in [3.8, 4) is 11.3 Å². The summed E-state index contributed by atoms with van der Waals surface area (Å²) in [5.41, 5.74) is 6.27. The second-order valence-corrected chi connectivity index (χ2v) is 9.97. The Hall–Kier alpha value is -2.85. The van der Waals surface area contributed by atoms with Crippen molar-refractivity contribution in [3.63, 3.8) is 0 Å². The second kappa shape index (κ2) is 8.25. The Kier molecular flexibility index (Phi) is 5.42. The van der Waals surface area contributed by atoms with Crippen molar-refractivity contribution < 1.29 is 9.53 Å². The highest BCUT2D eigenvalue weighted by atomic mass is 16.6. The summed E-state index contributed by atoms with van der Waals surface area (Å²) in [6.45, 7) is 8.64. The van der Waals surface area contributed by atoms with Gasteiger partial charge in [0.25, 0.3) is 0 Å². The fourth-order valence-corrected chi connectivity index (χ4v) is 5.36. The molecule has 0 unspecified atom stereocenters. The molecule has 0 N–H and O–H groups in total. The van der Waals surface area contributed by atoms with Gasteiger partial charge in [0, 0.05) is 25.3 Å². The van der Waals surface area contributed by atoms with Crippen LogP contribution >= 0.6 is 0 Å². The number of ether oxygens (including phenoxy) is 1. The molecular weight excluding hydrogens is 396 g/mol. The highest BCUT2D eigenvalue weighted by Gasteiger charge is 2.39. The van der Waals surface area contributed by atoms with Crippen LogP contribution in [0.5, 0.6) is 0 Å². The van der Waals surface area contributed by atoms with Gasteiger partial charge in [0.15, 0.2) is 0 Å². The van der Waals surface area contributed by atoms with Crippen LogP contribution < -0.4 is 0 Å². The number of hydrogen-bond acceptors (Lipinski definition) is 3. The van der Waals surface area contributed by atoms with E-state index in [4.69, 9.17) is 4.74 Å². The lowest BCUT2D eigenvalue weighted by atomic mass is 9.88. The summed E-state index contributed by atoms with van der Waals surface area (Å²) in [7, 11) is 0. The number of benzene rings is 2. The van der Waals surface area contributed by atoms with E-state index in [9.17, 15) is 4.79 Å². The topological polar surface area (TPSA) is 34.5 Å². The summed E-state index contributed by atoms with van der Waals surface area (Å²) >= 11 is 0. The highest BCUT2D eigenvalue weighted by Crippen LogP contribution is 2.45. The van der Waals surface area contributed by atoms with Gasteiger partial charge in [0.2, 0.25) is 0 Å². The van der Waals surface area contributed by atoms with Crippen LogP contribution in [0.1, 0.15) is 66.8 Å². The maximum atomic E-state index is 13.5. The van der Waals surface area contributed by atoms with E-state index in [2.05, 4.69) is 64.1 Å². The Bertz CT molecular complexity index is 1110. The molecule has 4 nitrogen and oxygen atoms in total. The standard InChI is InChI=1S/C28H32N2O2/c1-28(2,3)32-27(31)24-22-15-10-16-23-26(22)30(25(24)21-13-8-5-9-14-21)18-17-29(23)19-20-11-6-4-7-12-20/h4-9,11-14,23H,10,15-19H2,1-3H3/t23-/m0/s1. The number of carbonyl (C=O) groups is 1. The van der Waals surface area contributed by atoms with Crippen LogP contribution in [0.25, 0.3) is 11.3 Å². The van der Waals surface area contributed by atoms with Crippen LogP contribution in [0.3, 0.4) is 0 Å². The van der Waals surface area contributed by atoms with Crippen molar-refractivity contribution >= 4 is 5.97 Å². The normalized spacial score (nSPS) is 18.3. The van der Waals surface area contributed by atoms with E-state index >= 15 is 0 Å². The lowest BCUT2D eigenvalue weighted by molar-refractivity contribution is 0.00691. The zero-order chi connectivity index (χ0) is 22.3. The van der Waals surface area contributed by atoms with Crippen molar-refractivity contribution in [2.24, 2.45) is 0 Å². The molecule has 2 aliphatic rings. The first kappa shape index (κ1) is 21.0. The molecule has 0 bridgehead atoms. The molecule has 0 radical (unpaired) electrons. The molecule has 5 rings (SSSR count). The van der Waals surface area contributed by atoms with Gasteiger partial charge in [-0.25, -0.2) is 4.79 Å². The van der Waals surface area contributed by atoms with Gasteiger partial charge in [0.05, 0.1) is 17.3 Å². The third kappa shape index (κ3) is 3.88. The van der Waals surface area contributed by atoms with Gasteiger partial charge in [-0.2, -0.15) is 0 Å². The Morgan fingerprint density at radius 3 is 2.38 bits per heavy atom. The molecule has 0 saturated carbocycles. The van der Waals surface area contributed by atoms with Crippen LogP contribution in [0.15, 0.2) is 60.7 Å². The average Bonchev–Trinajstić information content (AvgIpc) is 3.12. The maximum Gasteiger partial charge on any atom is 0.341 e. The third-order valence-corrected chi connectivity index (χ3v) is 6.56. The van der Waals surface area contributed by atoms with Crippen LogP contribution in [-0.2, 0) is 24.2 Å². The molecule has 2 aromatic carbocycles. The van der Waals surface area contributed by atoms with Gasteiger partial charge < -0.3 is 9.30 Å². The van der Waals surface area contributed by atoms with Crippen LogP contribution in [-0.4, -0.2) is 27.6 Å². The summed E-state index contributed by atoms with van der Waals surface area (Å²) < 4.78 is 8.35. The Balaban J connectivity index is 1.62. The minimum absolute atomic E-state index is 0.191. The summed E-state index contributed by atoms with van der Waals surface area (Å²) in [6.07, 6.45) is 3.16. The van der Waals surface area contributed by atoms with E-state index in [1.165, 1.54) is 16.8 Å². The molecule has 0 amide bonds. The van der Waals surface area contributed by atoms with Crippen molar-refractivity contribution in [3.05, 3.63) is 83.0 Å². The Morgan fingerprint density at radius 2 is 1.69 bits per heavy atom. The summed E-state index contributed by atoms with van der Waals surface area (Å²) in [6, 6.07) is 21.4. The molecule has 166 valence electrons. The number of rotatable bonds is 4. The van der Waals surface area contributed by atoms with E-state index in [1.807, 2.05) is 26.8 Å². The molecule has 3 aromatic rings. The predicted molar refractivity (Wildman–Crippen MR) is 128 cm³/mol. The molecule has 1 atom stereocenters. The second-order valence-electron chi connectivity index (χ2n) is 9.97. The monoisotopic (exact) mass is 428 g/mol. The van der Waals surface area contributed by atoms with Crippen molar-refractivity contribution in [1.82, 2.24) is 9.47 Å². The molecule has 1 aliphatic carbocycles. The van der Waals surface area contributed by atoms with E-state index in [0.717, 1.165) is 55.7 Å². The predicted octanol–water partition coefficient (Wildman–Crippen LogP) is 6.00. The van der Waals surface area contributed by atoms with Gasteiger partial charge in [-0.15, -0.1) is 0 Å². The first-order valence-corrected chi connectivity index (χ1v) is 11.7. The molecular formula is C28H32N2O2. The van der Waals surface area contributed by atoms with Crippen LogP contribution in [0.2, 0.25) is 0 Å². The fourth-order valence-electron chi connectivity index (χ4n) is 5.36. The molecule has 2 heterocycles. The Morgan fingerprint density at radius 1 is 1.00 bits per heavy atom. The molecule has 0 spiro atoms. The zero-order valence-corrected chi connectivity index (χ0v) is 19.3. The van der Waals surface area contributed by atoms with E-state index in [0.29, 0.717) is 6.04 Å². The highest BCUT2D eigenvalue weighted by molar-refractivity contribution is 5.99.